The summed E-state index contributed by atoms with van der Waals surface area (Å²) >= 11 is 0. The molecular weight excluding hydrogens is 406 g/mol. The summed E-state index contributed by atoms with van der Waals surface area (Å²) in [6.07, 6.45) is 0.881. The van der Waals surface area contributed by atoms with Crippen LogP contribution in [0.1, 0.15) is 18.5 Å². The third-order valence-electron chi connectivity index (χ3n) is 4.32. The van der Waals surface area contributed by atoms with Gasteiger partial charge >= 0.3 is 0 Å². The Morgan fingerprint density at radius 2 is 1.79 bits per heavy atom. The van der Waals surface area contributed by atoms with Gasteiger partial charge in [-0.05, 0) is 36.8 Å². The lowest BCUT2D eigenvalue weighted by molar-refractivity contribution is -0.120. The Kier molecular flexibility index (Phi) is 5.92. The van der Waals surface area contributed by atoms with E-state index in [1.165, 1.54) is 0 Å². The Bertz CT molecular complexity index is 1030. The van der Waals surface area contributed by atoms with Crippen LogP contribution in [0.2, 0.25) is 0 Å². The molecule has 29 heavy (non-hydrogen) atoms. The van der Waals surface area contributed by atoms with Gasteiger partial charge in [-0.3, -0.25) is 9.10 Å². The lowest BCUT2D eigenvalue weighted by Crippen LogP contribution is -2.41. The number of anilines is 1. The summed E-state index contributed by atoms with van der Waals surface area (Å²) in [4.78, 5) is 12.5. The molecule has 10 heteroatoms. The van der Waals surface area contributed by atoms with Crippen molar-refractivity contribution in [3.05, 3.63) is 53.6 Å². The molecule has 1 aliphatic rings. The summed E-state index contributed by atoms with van der Waals surface area (Å²) in [5, 5.41) is 2.69. The zero-order chi connectivity index (χ0) is 21.2. The highest BCUT2D eigenvalue weighted by Gasteiger charge is 2.23. The van der Waals surface area contributed by atoms with Gasteiger partial charge in [-0.1, -0.05) is 6.07 Å². The molecule has 0 aliphatic carbocycles. The van der Waals surface area contributed by atoms with Gasteiger partial charge in [-0.15, -0.1) is 0 Å². The highest BCUT2D eigenvalue weighted by atomic mass is 32.2. The number of carbonyl (C=O) groups is 1. The molecule has 0 spiro atoms. The van der Waals surface area contributed by atoms with Gasteiger partial charge in [-0.25, -0.2) is 17.2 Å². The topological polar surface area (TPSA) is 84.9 Å². The molecule has 1 heterocycles. The predicted octanol–water partition coefficient (Wildman–Crippen LogP) is 2.38. The lowest BCUT2D eigenvalue weighted by Gasteiger charge is -2.24. The maximum absolute atomic E-state index is 13.5. The number of ether oxygens (including phenoxy) is 2. The van der Waals surface area contributed by atoms with Crippen molar-refractivity contribution in [1.82, 2.24) is 5.32 Å². The van der Waals surface area contributed by atoms with E-state index < -0.39 is 40.2 Å². The largest absolute Gasteiger partial charge is 0.486 e. The summed E-state index contributed by atoms with van der Waals surface area (Å²) in [6.45, 7) is 2.03. The molecule has 2 aromatic carbocycles. The first-order valence-electron chi connectivity index (χ1n) is 8.77. The average molecular weight is 426 g/mol. The number of nitrogens with one attached hydrogen (secondary N) is 1. The number of fused-ring (bicyclic) bond motifs is 1. The summed E-state index contributed by atoms with van der Waals surface area (Å²) in [5.74, 6) is -1.75. The first-order valence-corrected chi connectivity index (χ1v) is 10.6. The average Bonchev–Trinajstić information content (AvgIpc) is 2.67. The fourth-order valence-electron chi connectivity index (χ4n) is 2.87. The van der Waals surface area contributed by atoms with Crippen LogP contribution in [0.5, 0.6) is 11.5 Å². The van der Waals surface area contributed by atoms with Crippen molar-refractivity contribution in [3.8, 4) is 11.5 Å². The molecule has 0 fully saturated rings. The van der Waals surface area contributed by atoms with E-state index in [0.717, 1.165) is 30.0 Å². The molecule has 156 valence electrons. The molecule has 0 saturated carbocycles. The molecule has 7 nitrogen and oxygen atoms in total. The minimum absolute atomic E-state index is 0.145. The van der Waals surface area contributed by atoms with E-state index in [2.05, 4.69) is 5.32 Å². The molecule has 0 bridgehead atoms. The standard InChI is InChI=1S/C19H20F2N2O5S/c1-12(13-3-6-17-18(9-13)28-8-7-27-17)22-19(24)11-23(29(2,25)26)14-4-5-15(20)16(21)10-14/h3-6,9-10,12H,7-8,11H2,1-2H3,(H,22,24)/t12-/m0/s1. The van der Waals surface area contributed by atoms with E-state index in [-0.39, 0.29) is 5.69 Å². The van der Waals surface area contributed by atoms with Crippen molar-refractivity contribution in [2.45, 2.75) is 13.0 Å². The van der Waals surface area contributed by atoms with Crippen LogP contribution in [-0.2, 0) is 14.8 Å². The number of hydrogen-bond donors (Lipinski definition) is 1. The van der Waals surface area contributed by atoms with Crippen LogP contribution >= 0.6 is 0 Å². The van der Waals surface area contributed by atoms with E-state index >= 15 is 0 Å². The van der Waals surface area contributed by atoms with Crippen LogP contribution in [0.15, 0.2) is 36.4 Å². The number of rotatable bonds is 6. The Hall–Kier alpha value is -2.88. The minimum Gasteiger partial charge on any atom is -0.486 e. The van der Waals surface area contributed by atoms with Gasteiger partial charge in [-0.2, -0.15) is 0 Å². The van der Waals surface area contributed by atoms with Gasteiger partial charge in [0, 0.05) is 6.07 Å². The first-order chi connectivity index (χ1) is 13.6. The van der Waals surface area contributed by atoms with Crippen LogP contribution < -0.4 is 19.1 Å². The van der Waals surface area contributed by atoms with Gasteiger partial charge in [0.15, 0.2) is 23.1 Å². The zero-order valence-electron chi connectivity index (χ0n) is 15.8. The Balaban J connectivity index is 1.74. The molecule has 1 aliphatic heterocycles. The molecule has 2 aromatic rings. The molecule has 0 aromatic heterocycles. The van der Waals surface area contributed by atoms with Crippen molar-refractivity contribution >= 4 is 21.6 Å². The smallest absolute Gasteiger partial charge is 0.241 e. The monoisotopic (exact) mass is 426 g/mol. The Morgan fingerprint density at radius 1 is 1.10 bits per heavy atom. The van der Waals surface area contributed by atoms with Crippen molar-refractivity contribution in [3.63, 3.8) is 0 Å². The summed E-state index contributed by atoms with van der Waals surface area (Å²) in [7, 11) is -3.91. The van der Waals surface area contributed by atoms with E-state index in [0.29, 0.717) is 29.0 Å². The summed E-state index contributed by atoms with van der Waals surface area (Å²) in [5.41, 5.74) is 0.592. The molecular formula is C19H20F2N2O5S. The molecule has 1 atom stereocenters. The summed E-state index contributed by atoms with van der Waals surface area (Å²) in [6, 6.07) is 7.41. The third kappa shape index (κ3) is 4.94. The highest BCUT2D eigenvalue weighted by Crippen LogP contribution is 2.32. The molecule has 0 unspecified atom stereocenters. The number of benzene rings is 2. The van der Waals surface area contributed by atoms with Crippen molar-refractivity contribution < 1.29 is 31.5 Å². The molecule has 0 radical (unpaired) electrons. The van der Waals surface area contributed by atoms with E-state index in [1.807, 2.05) is 0 Å². The number of hydrogen-bond acceptors (Lipinski definition) is 5. The molecule has 1 N–H and O–H groups in total. The van der Waals surface area contributed by atoms with Crippen molar-refractivity contribution in [2.24, 2.45) is 0 Å². The number of nitrogens with zero attached hydrogens (tertiary/aromatic N) is 1. The van der Waals surface area contributed by atoms with Crippen molar-refractivity contribution in [2.75, 3.05) is 30.3 Å². The fraction of sp³-hybridized carbons (Fsp3) is 0.316. The Labute approximate surface area is 167 Å². The molecule has 3 rings (SSSR count). The Morgan fingerprint density at radius 3 is 2.45 bits per heavy atom. The van der Waals surface area contributed by atoms with E-state index in [4.69, 9.17) is 9.47 Å². The fourth-order valence-corrected chi connectivity index (χ4v) is 3.72. The number of sulfonamides is 1. The maximum Gasteiger partial charge on any atom is 0.241 e. The van der Waals surface area contributed by atoms with Crippen LogP contribution in [0.3, 0.4) is 0 Å². The first kappa shape index (κ1) is 20.8. The van der Waals surface area contributed by atoms with Crippen LogP contribution in [0.25, 0.3) is 0 Å². The predicted molar refractivity (Wildman–Crippen MR) is 103 cm³/mol. The van der Waals surface area contributed by atoms with Crippen LogP contribution in [0.4, 0.5) is 14.5 Å². The molecule has 0 saturated heterocycles. The molecule has 1 amide bonds. The van der Waals surface area contributed by atoms with Gasteiger partial charge in [0.05, 0.1) is 18.0 Å². The second-order valence-electron chi connectivity index (χ2n) is 6.56. The quantitative estimate of drug-likeness (QED) is 0.767. The van der Waals surface area contributed by atoms with Crippen LogP contribution in [0, 0.1) is 11.6 Å². The van der Waals surface area contributed by atoms with E-state index in [9.17, 15) is 22.0 Å². The number of amides is 1. The van der Waals surface area contributed by atoms with Gasteiger partial charge in [0.25, 0.3) is 0 Å². The lowest BCUT2D eigenvalue weighted by atomic mass is 10.1. The van der Waals surface area contributed by atoms with Crippen molar-refractivity contribution in [1.29, 1.82) is 0 Å². The normalized spacial score (nSPS) is 14.2. The van der Waals surface area contributed by atoms with Crippen LogP contribution in [-0.4, -0.2) is 40.3 Å². The van der Waals surface area contributed by atoms with Gasteiger partial charge < -0.3 is 14.8 Å². The second kappa shape index (κ2) is 8.24. The number of carbonyl (C=O) groups excluding carboxylic acids is 1. The second-order valence-corrected chi connectivity index (χ2v) is 8.47. The summed E-state index contributed by atoms with van der Waals surface area (Å²) < 4.78 is 62.5. The SMILES string of the molecule is C[C@H](NC(=O)CN(c1ccc(F)c(F)c1)S(C)(=O)=O)c1ccc2c(c1)OCCO2. The van der Waals surface area contributed by atoms with Gasteiger partial charge in [0.2, 0.25) is 15.9 Å². The zero-order valence-corrected chi connectivity index (χ0v) is 16.6. The maximum atomic E-state index is 13.5. The third-order valence-corrected chi connectivity index (χ3v) is 5.46. The minimum atomic E-state index is -3.91. The van der Waals surface area contributed by atoms with E-state index in [1.54, 1.807) is 25.1 Å². The highest BCUT2D eigenvalue weighted by molar-refractivity contribution is 7.92. The number of halogens is 2. The van der Waals surface area contributed by atoms with Gasteiger partial charge in [0.1, 0.15) is 19.8 Å².